The summed E-state index contributed by atoms with van der Waals surface area (Å²) >= 11 is 0. The lowest BCUT2D eigenvalue weighted by Gasteiger charge is -2.20. The van der Waals surface area contributed by atoms with Gasteiger partial charge in [0.1, 0.15) is 0 Å². The Hall–Kier alpha value is -1.92. The summed E-state index contributed by atoms with van der Waals surface area (Å²) in [6.45, 7) is 4.91. The first kappa shape index (κ1) is 74.1. The van der Waals surface area contributed by atoms with E-state index < -0.39 is 12.1 Å². The van der Waals surface area contributed by atoms with Crippen LogP contribution in [0.15, 0.2) is 36.5 Å². The first-order valence-electron chi connectivity index (χ1n) is 34.3. The number of esters is 1. The minimum atomic E-state index is -0.845. The Kier molecular flexibility index (Phi) is 63.9. The van der Waals surface area contributed by atoms with E-state index in [-0.39, 0.29) is 18.5 Å². The average molecular weight is 1070 g/mol. The van der Waals surface area contributed by atoms with Gasteiger partial charge in [-0.25, -0.2) is 0 Å². The van der Waals surface area contributed by atoms with Crippen molar-refractivity contribution >= 4 is 11.9 Å². The van der Waals surface area contributed by atoms with E-state index in [0.29, 0.717) is 19.4 Å². The number of ether oxygens (including phenoxy) is 1. The number of carbonyl (C=O) groups excluding carboxylic acids is 2. The van der Waals surface area contributed by atoms with Crippen molar-refractivity contribution in [2.75, 3.05) is 13.2 Å². The second-order valence-corrected chi connectivity index (χ2v) is 23.5. The van der Waals surface area contributed by atoms with Gasteiger partial charge in [-0.15, -0.1) is 0 Å². The van der Waals surface area contributed by atoms with Crippen LogP contribution in [0, 0.1) is 0 Å². The van der Waals surface area contributed by atoms with Crippen LogP contribution in [0.3, 0.4) is 0 Å². The fourth-order valence-corrected chi connectivity index (χ4v) is 10.7. The van der Waals surface area contributed by atoms with E-state index in [2.05, 4.69) is 43.5 Å². The molecule has 1 amide bonds. The molecule has 0 heterocycles. The van der Waals surface area contributed by atoms with Gasteiger partial charge in [0.2, 0.25) is 5.91 Å². The van der Waals surface area contributed by atoms with Crippen LogP contribution in [0.1, 0.15) is 373 Å². The number of carbonyl (C=O) groups is 2. The van der Waals surface area contributed by atoms with Gasteiger partial charge < -0.3 is 20.3 Å². The van der Waals surface area contributed by atoms with Gasteiger partial charge >= 0.3 is 5.97 Å². The smallest absolute Gasteiger partial charge is 0.305 e. The quantitative estimate of drug-likeness (QED) is 0.0320. The van der Waals surface area contributed by atoms with Gasteiger partial charge in [-0.3, -0.25) is 9.59 Å². The summed E-state index contributed by atoms with van der Waals surface area (Å²) in [5.74, 6) is -0.0636. The summed E-state index contributed by atoms with van der Waals surface area (Å²) in [6, 6.07) is -0.629. The Morgan fingerprint density at radius 1 is 0.368 bits per heavy atom. The predicted molar refractivity (Wildman–Crippen MR) is 333 cm³/mol. The maximum Gasteiger partial charge on any atom is 0.305 e. The van der Waals surface area contributed by atoms with E-state index >= 15 is 0 Å². The molecule has 0 saturated carbocycles. The van der Waals surface area contributed by atoms with Crippen molar-refractivity contribution in [3.05, 3.63) is 36.5 Å². The topological polar surface area (TPSA) is 95.9 Å². The lowest BCUT2D eigenvalue weighted by Crippen LogP contribution is -2.45. The molecule has 0 fully saturated rings. The first-order valence-corrected chi connectivity index (χ1v) is 34.3. The molecule has 0 radical (unpaired) electrons. The van der Waals surface area contributed by atoms with Crippen molar-refractivity contribution in [1.82, 2.24) is 5.32 Å². The summed E-state index contributed by atoms with van der Waals surface area (Å²) in [7, 11) is 0. The highest BCUT2D eigenvalue weighted by Crippen LogP contribution is 2.18. The van der Waals surface area contributed by atoms with Crippen LogP contribution in [-0.2, 0) is 14.3 Å². The Bertz CT molecular complexity index is 1230. The van der Waals surface area contributed by atoms with Crippen molar-refractivity contribution < 1.29 is 24.5 Å². The van der Waals surface area contributed by atoms with Crippen LogP contribution >= 0.6 is 0 Å². The minimum absolute atomic E-state index is 0.000862. The molecular formula is C70H133NO5. The van der Waals surface area contributed by atoms with Crippen LogP contribution in [0.4, 0.5) is 0 Å². The molecule has 0 aliphatic rings. The van der Waals surface area contributed by atoms with E-state index in [1.54, 1.807) is 6.08 Å². The SMILES string of the molecule is CCCCCC/C=C\C/C=C\CCCCCCCC(=O)OCCCCCCCCCCCCCCCCCCCCCCCCCC(=O)NC(CO)C(O)/C=C/CCCCCCCCCCCCCCCCCCCC. The van der Waals surface area contributed by atoms with Crippen molar-refractivity contribution in [2.45, 2.75) is 386 Å². The largest absolute Gasteiger partial charge is 0.466 e. The summed E-state index contributed by atoms with van der Waals surface area (Å²) in [4.78, 5) is 24.6. The Morgan fingerprint density at radius 3 is 1.01 bits per heavy atom. The van der Waals surface area contributed by atoms with Crippen LogP contribution in [0.5, 0.6) is 0 Å². The molecule has 2 unspecified atom stereocenters. The number of unbranched alkanes of at least 4 members (excludes halogenated alkanes) is 49. The summed E-state index contributed by atoms with van der Waals surface area (Å²) in [5.41, 5.74) is 0. The van der Waals surface area contributed by atoms with Gasteiger partial charge in [-0.2, -0.15) is 0 Å². The molecular weight excluding hydrogens is 935 g/mol. The highest BCUT2D eigenvalue weighted by Gasteiger charge is 2.18. The fourth-order valence-electron chi connectivity index (χ4n) is 10.7. The molecule has 0 aromatic rings. The zero-order valence-corrected chi connectivity index (χ0v) is 51.3. The predicted octanol–water partition coefficient (Wildman–Crippen LogP) is 21.9. The number of hydrogen-bond donors (Lipinski definition) is 3. The standard InChI is InChI=1S/C70H133NO5/c1-3-5-7-9-11-13-15-17-19-21-22-28-31-34-38-42-46-50-54-58-62-68(73)67(66-72)71-69(74)63-59-55-51-47-43-39-35-32-29-26-24-23-25-27-30-33-37-41-45-49-53-57-61-65-76-70(75)64-60-56-52-48-44-40-36-20-18-16-14-12-10-8-6-4-2/h14,16,20,36,58,62,67-68,72-73H,3-13,15,17-19,21-35,37-57,59-61,63-66H2,1-2H3,(H,71,74)/b16-14-,36-20-,62-58+. The number of allylic oxidation sites excluding steroid dienone is 5. The summed E-state index contributed by atoms with van der Waals surface area (Å²) in [5, 5.41) is 23.2. The first-order chi connectivity index (χ1) is 37.5. The van der Waals surface area contributed by atoms with E-state index in [0.717, 1.165) is 51.4 Å². The van der Waals surface area contributed by atoms with Crippen LogP contribution in [0.25, 0.3) is 0 Å². The number of amides is 1. The van der Waals surface area contributed by atoms with Gasteiger partial charge in [0.05, 0.1) is 25.4 Å². The third kappa shape index (κ3) is 61.3. The molecule has 0 aliphatic heterocycles. The number of rotatable bonds is 64. The lowest BCUT2D eigenvalue weighted by molar-refractivity contribution is -0.143. The molecule has 0 aliphatic carbocycles. The Balaban J connectivity index is 3.41. The zero-order chi connectivity index (χ0) is 55.0. The third-order valence-corrected chi connectivity index (χ3v) is 15.9. The normalized spacial score (nSPS) is 12.7. The molecule has 0 aromatic heterocycles. The molecule has 0 bridgehead atoms. The number of nitrogens with one attached hydrogen (secondary N) is 1. The maximum absolute atomic E-state index is 12.5. The van der Waals surface area contributed by atoms with E-state index in [4.69, 9.17) is 4.74 Å². The highest BCUT2D eigenvalue weighted by molar-refractivity contribution is 5.76. The van der Waals surface area contributed by atoms with Gasteiger partial charge in [-0.05, 0) is 64.2 Å². The molecule has 0 spiro atoms. The van der Waals surface area contributed by atoms with Crippen LogP contribution in [-0.4, -0.2) is 47.4 Å². The van der Waals surface area contributed by atoms with Crippen molar-refractivity contribution in [1.29, 1.82) is 0 Å². The molecule has 2 atom stereocenters. The highest BCUT2D eigenvalue weighted by atomic mass is 16.5. The van der Waals surface area contributed by atoms with Crippen molar-refractivity contribution in [2.24, 2.45) is 0 Å². The molecule has 6 nitrogen and oxygen atoms in total. The van der Waals surface area contributed by atoms with Crippen LogP contribution in [0.2, 0.25) is 0 Å². The third-order valence-electron chi connectivity index (χ3n) is 15.9. The van der Waals surface area contributed by atoms with Gasteiger partial charge in [0.25, 0.3) is 0 Å². The van der Waals surface area contributed by atoms with Crippen molar-refractivity contribution in [3.8, 4) is 0 Å². The molecule has 6 heteroatoms. The van der Waals surface area contributed by atoms with Crippen LogP contribution < -0.4 is 5.32 Å². The Morgan fingerprint density at radius 2 is 0.658 bits per heavy atom. The Labute approximate surface area is 474 Å². The van der Waals surface area contributed by atoms with E-state index in [1.807, 2.05) is 6.08 Å². The molecule has 0 saturated heterocycles. The second kappa shape index (κ2) is 65.6. The fraction of sp³-hybridized carbons (Fsp3) is 0.886. The van der Waals surface area contributed by atoms with Crippen molar-refractivity contribution in [3.63, 3.8) is 0 Å². The second-order valence-electron chi connectivity index (χ2n) is 23.5. The molecule has 448 valence electrons. The molecule has 3 N–H and O–H groups in total. The number of hydrogen-bond acceptors (Lipinski definition) is 5. The molecule has 76 heavy (non-hydrogen) atoms. The average Bonchev–Trinajstić information content (AvgIpc) is 3.42. The van der Waals surface area contributed by atoms with Gasteiger partial charge in [0.15, 0.2) is 0 Å². The zero-order valence-electron chi connectivity index (χ0n) is 51.3. The molecule has 0 rings (SSSR count). The van der Waals surface area contributed by atoms with Gasteiger partial charge in [-0.1, -0.05) is 333 Å². The monoisotopic (exact) mass is 1070 g/mol. The van der Waals surface area contributed by atoms with Gasteiger partial charge in [0, 0.05) is 12.8 Å². The van der Waals surface area contributed by atoms with E-state index in [9.17, 15) is 19.8 Å². The lowest BCUT2D eigenvalue weighted by atomic mass is 10.0. The van der Waals surface area contributed by atoms with E-state index in [1.165, 1.54) is 295 Å². The number of aliphatic hydroxyl groups excluding tert-OH is 2. The maximum atomic E-state index is 12.5. The molecule has 0 aromatic carbocycles. The summed E-state index contributed by atoms with van der Waals surface area (Å²) < 4.78 is 5.49. The minimum Gasteiger partial charge on any atom is -0.466 e. The summed E-state index contributed by atoms with van der Waals surface area (Å²) in [6.07, 6.45) is 83.5. The number of aliphatic hydroxyl groups is 2.